The van der Waals surface area contributed by atoms with Crippen molar-refractivity contribution in [3.8, 4) is 0 Å². The molecule has 198 valence electrons. The Labute approximate surface area is 217 Å². The zero-order valence-electron chi connectivity index (χ0n) is 22.1. The molecule has 1 aromatic carbocycles. The predicted octanol–water partition coefficient (Wildman–Crippen LogP) is 4.90. The summed E-state index contributed by atoms with van der Waals surface area (Å²) in [5.74, 6) is -1.55. The van der Waals surface area contributed by atoms with E-state index in [-0.39, 0.29) is 29.8 Å². The Balaban J connectivity index is 1.61. The largest absolute Gasteiger partial charge is 0.457 e. The molecule has 2 aromatic rings. The topological polar surface area (TPSA) is 109 Å². The number of ketones is 1. The second-order valence-electron chi connectivity index (χ2n) is 11.5. The summed E-state index contributed by atoms with van der Waals surface area (Å²) in [6, 6.07) is 5.90. The summed E-state index contributed by atoms with van der Waals surface area (Å²) in [6.45, 7) is 11.0. The second kappa shape index (κ2) is 10.1. The van der Waals surface area contributed by atoms with Gasteiger partial charge in [0.1, 0.15) is 11.9 Å². The van der Waals surface area contributed by atoms with Gasteiger partial charge in [0, 0.05) is 12.3 Å². The van der Waals surface area contributed by atoms with Gasteiger partial charge in [0.05, 0.1) is 51.0 Å². The Morgan fingerprint density at radius 1 is 1.14 bits per heavy atom. The number of hydrogen-bond acceptors (Lipinski definition) is 8. The average molecular weight is 518 g/mol. The van der Waals surface area contributed by atoms with Gasteiger partial charge in [0.15, 0.2) is 0 Å². The number of ether oxygens (including phenoxy) is 2. The molecular weight excluding hydrogens is 478 g/mol. The molecule has 7 atom stereocenters. The summed E-state index contributed by atoms with van der Waals surface area (Å²) in [5, 5.41) is 22.7. The van der Waals surface area contributed by atoms with Crippen LogP contribution in [-0.4, -0.2) is 50.9 Å². The normalized spacial score (nSPS) is 36.3. The first kappa shape index (κ1) is 27.2. The van der Waals surface area contributed by atoms with Gasteiger partial charge in [-0.05, 0) is 50.3 Å². The van der Waals surface area contributed by atoms with E-state index in [0.29, 0.717) is 6.42 Å². The number of aliphatic hydroxyl groups excluding tert-OH is 2. The number of esters is 1. The van der Waals surface area contributed by atoms with Crippen LogP contribution >= 0.6 is 11.3 Å². The third kappa shape index (κ3) is 5.52. The standard InChI is InChI=1S/C28H39NO6S/c1-15-8-7-11-28(6)23(35-28)13-20(18-9-10-19-21(12-18)36-17(3)29-19)34-24(31)14-22(30)27(4,5)26(33)16(2)25(15)32/h9-10,12,15-16,20,22-23,25,30,32H,7-8,11,13-14H2,1-6H3. The van der Waals surface area contributed by atoms with Crippen LogP contribution in [-0.2, 0) is 19.1 Å². The summed E-state index contributed by atoms with van der Waals surface area (Å²) >= 11 is 1.59. The Kier molecular flexibility index (Phi) is 7.64. The number of nitrogens with zero attached hydrogens (tertiary/aromatic N) is 1. The van der Waals surface area contributed by atoms with E-state index in [9.17, 15) is 19.8 Å². The zero-order valence-corrected chi connectivity index (χ0v) is 22.9. The van der Waals surface area contributed by atoms with E-state index in [1.165, 1.54) is 0 Å². The van der Waals surface area contributed by atoms with Crippen molar-refractivity contribution in [2.75, 3.05) is 0 Å². The Hall–Kier alpha value is -1.87. The molecule has 2 aliphatic heterocycles. The van der Waals surface area contributed by atoms with Crippen molar-refractivity contribution in [2.45, 2.75) is 104 Å². The monoisotopic (exact) mass is 517 g/mol. The van der Waals surface area contributed by atoms with E-state index in [1.807, 2.05) is 32.0 Å². The molecule has 0 aliphatic carbocycles. The molecule has 7 unspecified atom stereocenters. The van der Waals surface area contributed by atoms with Crippen molar-refractivity contribution in [1.29, 1.82) is 0 Å². The number of rotatable bonds is 1. The van der Waals surface area contributed by atoms with Gasteiger partial charge < -0.3 is 19.7 Å². The number of carbonyl (C=O) groups excluding carboxylic acids is 2. The lowest BCUT2D eigenvalue weighted by Crippen LogP contribution is -2.45. The fourth-order valence-electron chi connectivity index (χ4n) is 5.48. The highest BCUT2D eigenvalue weighted by atomic mass is 32.1. The summed E-state index contributed by atoms with van der Waals surface area (Å²) in [4.78, 5) is 30.8. The summed E-state index contributed by atoms with van der Waals surface area (Å²) in [7, 11) is 0. The lowest BCUT2D eigenvalue weighted by molar-refractivity contribution is -0.156. The molecule has 7 nitrogen and oxygen atoms in total. The number of aliphatic hydroxyl groups is 2. The van der Waals surface area contributed by atoms with Crippen LogP contribution in [0.5, 0.6) is 0 Å². The van der Waals surface area contributed by atoms with E-state index in [2.05, 4.69) is 11.9 Å². The van der Waals surface area contributed by atoms with E-state index in [0.717, 1.165) is 40.1 Å². The number of epoxide rings is 1. The third-order valence-corrected chi connectivity index (χ3v) is 9.23. The molecule has 0 spiro atoms. The van der Waals surface area contributed by atoms with Crippen molar-refractivity contribution in [1.82, 2.24) is 4.98 Å². The zero-order chi connectivity index (χ0) is 26.4. The average Bonchev–Trinajstić information content (AvgIpc) is 3.28. The lowest BCUT2D eigenvalue weighted by Gasteiger charge is -2.34. The highest BCUT2D eigenvalue weighted by Crippen LogP contribution is 2.47. The molecule has 0 amide bonds. The van der Waals surface area contributed by atoms with Gasteiger partial charge in [-0.1, -0.05) is 40.2 Å². The number of thiazole rings is 1. The third-order valence-electron chi connectivity index (χ3n) is 8.30. The van der Waals surface area contributed by atoms with Crippen LogP contribution in [0.3, 0.4) is 0 Å². The molecule has 2 aliphatic rings. The Morgan fingerprint density at radius 2 is 1.86 bits per heavy atom. The van der Waals surface area contributed by atoms with Crippen LogP contribution in [0.1, 0.15) is 83.4 Å². The lowest BCUT2D eigenvalue weighted by atomic mass is 9.73. The maximum absolute atomic E-state index is 13.3. The van der Waals surface area contributed by atoms with E-state index in [4.69, 9.17) is 9.47 Å². The van der Waals surface area contributed by atoms with E-state index in [1.54, 1.807) is 32.1 Å². The summed E-state index contributed by atoms with van der Waals surface area (Å²) in [5.41, 5.74) is 0.270. The molecular formula is C28H39NO6S. The van der Waals surface area contributed by atoms with Gasteiger partial charge in [-0.2, -0.15) is 0 Å². The number of carbonyl (C=O) groups is 2. The first-order valence-corrected chi connectivity index (χ1v) is 13.8. The molecule has 2 N–H and O–H groups in total. The molecule has 1 aromatic heterocycles. The van der Waals surface area contributed by atoms with Crippen LogP contribution in [0.25, 0.3) is 10.2 Å². The maximum Gasteiger partial charge on any atom is 0.309 e. The molecule has 8 heteroatoms. The molecule has 4 rings (SSSR count). The van der Waals surface area contributed by atoms with Crippen molar-refractivity contribution < 1.29 is 29.3 Å². The van der Waals surface area contributed by atoms with Crippen LogP contribution in [0, 0.1) is 24.2 Å². The highest BCUT2D eigenvalue weighted by molar-refractivity contribution is 7.18. The minimum absolute atomic E-state index is 0.0517. The van der Waals surface area contributed by atoms with Crippen LogP contribution in [0.4, 0.5) is 0 Å². The van der Waals surface area contributed by atoms with Crippen LogP contribution in [0.15, 0.2) is 18.2 Å². The molecule has 3 heterocycles. The SMILES string of the molecule is Cc1nc2ccc(C3CC4OC4(C)CCCC(C)C(O)C(C)C(=O)C(C)(C)C(O)CC(=O)O3)cc2s1. The first-order valence-electron chi connectivity index (χ1n) is 13.0. The van der Waals surface area contributed by atoms with Gasteiger partial charge >= 0.3 is 5.97 Å². The Bertz CT molecular complexity index is 1130. The van der Waals surface area contributed by atoms with Gasteiger partial charge in [-0.15, -0.1) is 11.3 Å². The summed E-state index contributed by atoms with van der Waals surface area (Å²) in [6.07, 6.45) is 0.0280. The number of fused-ring (bicyclic) bond motifs is 2. The maximum atomic E-state index is 13.3. The molecule has 2 saturated heterocycles. The minimum atomic E-state index is -1.23. The van der Waals surface area contributed by atoms with Gasteiger partial charge in [-0.3, -0.25) is 9.59 Å². The molecule has 0 saturated carbocycles. The number of aryl methyl sites for hydroxylation is 1. The highest BCUT2D eigenvalue weighted by Gasteiger charge is 2.53. The number of hydrogen-bond donors (Lipinski definition) is 2. The number of aromatic nitrogens is 1. The van der Waals surface area contributed by atoms with Crippen molar-refractivity contribution in [3.63, 3.8) is 0 Å². The van der Waals surface area contributed by atoms with Crippen molar-refractivity contribution in [2.24, 2.45) is 17.3 Å². The number of cyclic esters (lactones) is 1. The molecule has 0 radical (unpaired) electrons. The molecule has 2 fully saturated rings. The quantitative estimate of drug-likeness (QED) is 0.409. The molecule has 0 bridgehead atoms. The fraction of sp³-hybridized carbons (Fsp3) is 0.679. The van der Waals surface area contributed by atoms with Gasteiger partial charge in [-0.25, -0.2) is 4.98 Å². The minimum Gasteiger partial charge on any atom is -0.457 e. The predicted molar refractivity (Wildman–Crippen MR) is 139 cm³/mol. The number of benzene rings is 1. The second-order valence-corrected chi connectivity index (χ2v) is 12.8. The Morgan fingerprint density at radius 3 is 2.58 bits per heavy atom. The van der Waals surface area contributed by atoms with Crippen molar-refractivity contribution in [3.05, 3.63) is 28.8 Å². The first-order chi connectivity index (χ1) is 16.8. The van der Waals surface area contributed by atoms with Gasteiger partial charge in [0.25, 0.3) is 0 Å². The van der Waals surface area contributed by atoms with Gasteiger partial charge in [0.2, 0.25) is 0 Å². The summed E-state index contributed by atoms with van der Waals surface area (Å²) < 4.78 is 13.1. The number of Topliss-reactive ketones (excluding diaryl/α,β-unsaturated/α-hetero) is 1. The van der Waals surface area contributed by atoms with Crippen LogP contribution in [0.2, 0.25) is 0 Å². The van der Waals surface area contributed by atoms with Crippen LogP contribution < -0.4 is 0 Å². The van der Waals surface area contributed by atoms with E-state index >= 15 is 0 Å². The van der Waals surface area contributed by atoms with E-state index < -0.39 is 35.6 Å². The smallest absolute Gasteiger partial charge is 0.309 e. The fourth-order valence-corrected chi connectivity index (χ4v) is 6.35. The molecule has 36 heavy (non-hydrogen) atoms. The van der Waals surface area contributed by atoms with Crippen molar-refractivity contribution >= 4 is 33.3 Å².